The Hall–Kier alpha value is -1.92. The van der Waals surface area contributed by atoms with Gasteiger partial charge in [0, 0.05) is 30.0 Å². The summed E-state index contributed by atoms with van der Waals surface area (Å²) in [6, 6.07) is 7.70. The second-order valence-electron chi connectivity index (χ2n) is 5.21. The smallest absolute Gasteiger partial charge is 0.237 e. The Kier molecular flexibility index (Phi) is 3.12. The molecule has 0 bridgehead atoms. The SMILES string of the molecule is O=C(Nc1nc2c(s1)CNCC2)C1COc2ccccc21. The van der Waals surface area contributed by atoms with Crippen LogP contribution in [0.15, 0.2) is 24.3 Å². The summed E-state index contributed by atoms with van der Waals surface area (Å²) in [4.78, 5) is 18.2. The highest BCUT2D eigenvalue weighted by Crippen LogP contribution is 2.34. The average Bonchev–Trinajstić information content (AvgIpc) is 3.10. The molecule has 0 fully saturated rings. The zero-order valence-corrected chi connectivity index (χ0v) is 12.2. The summed E-state index contributed by atoms with van der Waals surface area (Å²) in [6.07, 6.45) is 0.928. The molecule has 3 heterocycles. The largest absolute Gasteiger partial charge is 0.492 e. The third-order valence-electron chi connectivity index (χ3n) is 3.85. The first-order chi connectivity index (χ1) is 10.3. The molecule has 2 N–H and O–H groups in total. The molecule has 1 aromatic carbocycles. The first kappa shape index (κ1) is 12.8. The molecule has 0 aliphatic carbocycles. The van der Waals surface area contributed by atoms with Crippen molar-refractivity contribution in [2.75, 3.05) is 18.5 Å². The van der Waals surface area contributed by atoms with Gasteiger partial charge in [-0.2, -0.15) is 0 Å². The van der Waals surface area contributed by atoms with Gasteiger partial charge >= 0.3 is 0 Å². The van der Waals surface area contributed by atoms with Crippen molar-refractivity contribution in [2.24, 2.45) is 0 Å². The number of hydrogen-bond donors (Lipinski definition) is 2. The normalized spacial score (nSPS) is 19.5. The number of nitrogens with one attached hydrogen (secondary N) is 2. The number of benzene rings is 1. The van der Waals surface area contributed by atoms with E-state index in [2.05, 4.69) is 15.6 Å². The van der Waals surface area contributed by atoms with Gasteiger partial charge in [-0.25, -0.2) is 4.98 Å². The van der Waals surface area contributed by atoms with Gasteiger partial charge in [0.15, 0.2) is 5.13 Å². The predicted molar refractivity (Wildman–Crippen MR) is 80.8 cm³/mol. The van der Waals surface area contributed by atoms with Gasteiger partial charge in [-0.3, -0.25) is 4.79 Å². The van der Waals surface area contributed by atoms with Gasteiger partial charge in [-0.1, -0.05) is 18.2 Å². The number of anilines is 1. The van der Waals surface area contributed by atoms with Crippen LogP contribution in [0.5, 0.6) is 5.75 Å². The molecular weight excluding hydrogens is 286 g/mol. The first-order valence-corrected chi connectivity index (χ1v) is 7.85. The zero-order chi connectivity index (χ0) is 14.2. The lowest BCUT2D eigenvalue weighted by molar-refractivity contribution is -0.117. The molecular formula is C15H15N3O2S. The predicted octanol–water partition coefficient (Wildman–Crippen LogP) is 1.90. The number of ether oxygens (including phenoxy) is 1. The number of para-hydroxylation sites is 1. The maximum Gasteiger partial charge on any atom is 0.237 e. The maximum absolute atomic E-state index is 12.5. The summed E-state index contributed by atoms with van der Waals surface area (Å²) in [5.41, 5.74) is 2.06. The maximum atomic E-state index is 12.5. The average molecular weight is 301 g/mol. The summed E-state index contributed by atoms with van der Waals surface area (Å²) in [6.45, 7) is 2.20. The van der Waals surface area contributed by atoms with E-state index in [4.69, 9.17) is 4.74 Å². The van der Waals surface area contributed by atoms with Crippen molar-refractivity contribution in [1.82, 2.24) is 10.3 Å². The number of aromatic nitrogens is 1. The minimum atomic E-state index is -0.250. The lowest BCUT2D eigenvalue weighted by Gasteiger charge is -2.09. The van der Waals surface area contributed by atoms with Crippen LogP contribution in [-0.4, -0.2) is 24.0 Å². The second kappa shape index (κ2) is 5.13. The van der Waals surface area contributed by atoms with E-state index >= 15 is 0 Å². The fourth-order valence-electron chi connectivity index (χ4n) is 2.75. The third-order valence-corrected chi connectivity index (χ3v) is 4.86. The molecule has 1 aromatic heterocycles. The second-order valence-corrected chi connectivity index (χ2v) is 6.29. The van der Waals surface area contributed by atoms with E-state index in [1.807, 2.05) is 24.3 Å². The van der Waals surface area contributed by atoms with Crippen LogP contribution in [0.4, 0.5) is 5.13 Å². The molecule has 2 aromatic rings. The Balaban J connectivity index is 1.53. The topological polar surface area (TPSA) is 63.2 Å². The number of fused-ring (bicyclic) bond motifs is 2. The lowest BCUT2D eigenvalue weighted by Crippen LogP contribution is -2.22. The molecule has 0 saturated carbocycles. The first-order valence-electron chi connectivity index (χ1n) is 7.03. The van der Waals surface area contributed by atoms with Crippen molar-refractivity contribution in [3.05, 3.63) is 40.4 Å². The minimum Gasteiger partial charge on any atom is -0.492 e. The molecule has 2 aliphatic rings. The number of rotatable bonds is 2. The number of carbonyl (C=O) groups is 1. The van der Waals surface area contributed by atoms with Gasteiger partial charge in [0.25, 0.3) is 0 Å². The van der Waals surface area contributed by atoms with E-state index in [1.54, 1.807) is 11.3 Å². The van der Waals surface area contributed by atoms with Crippen LogP contribution in [0.25, 0.3) is 0 Å². The summed E-state index contributed by atoms with van der Waals surface area (Å²) >= 11 is 1.56. The van der Waals surface area contributed by atoms with E-state index in [-0.39, 0.29) is 11.8 Å². The van der Waals surface area contributed by atoms with Crippen LogP contribution in [-0.2, 0) is 17.8 Å². The van der Waals surface area contributed by atoms with Crippen molar-refractivity contribution in [3.63, 3.8) is 0 Å². The highest BCUT2D eigenvalue weighted by molar-refractivity contribution is 7.15. The summed E-state index contributed by atoms with van der Waals surface area (Å²) in [7, 11) is 0. The fourth-order valence-corrected chi connectivity index (χ4v) is 3.73. The number of thiazole rings is 1. The van der Waals surface area contributed by atoms with Crippen molar-refractivity contribution in [2.45, 2.75) is 18.9 Å². The van der Waals surface area contributed by atoms with E-state index in [0.29, 0.717) is 11.7 Å². The van der Waals surface area contributed by atoms with Crippen LogP contribution in [0.3, 0.4) is 0 Å². The Morgan fingerprint density at radius 1 is 1.43 bits per heavy atom. The molecule has 21 heavy (non-hydrogen) atoms. The van der Waals surface area contributed by atoms with E-state index in [9.17, 15) is 4.79 Å². The van der Waals surface area contributed by atoms with Crippen molar-refractivity contribution in [3.8, 4) is 5.75 Å². The number of hydrogen-bond acceptors (Lipinski definition) is 5. The van der Waals surface area contributed by atoms with Crippen molar-refractivity contribution < 1.29 is 9.53 Å². The molecule has 6 heteroatoms. The Morgan fingerprint density at radius 3 is 3.24 bits per heavy atom. The highest BCUT2D eigenvalue weighted by Gasteiger charge is 2.30. The van der Waals surface area contributed by atoms with E-state index < -0.39 is 0 Å². The Bertz CT molecular complexity index is 674. The third kappa shape index (κ3) is 2.30. The van der Waals surface area contributed by atoms with Crippen LogP contribution in [0.2, 0.25) is 0 Å². The molecule has 0 spiro atoms. The van der Waals surface area contributed by atoms with Crippen molar-refractivity contribution in [1.29, 1.82) is 0 Å². The minimum absolute atomic E-state index is 0.0426. The van der Waals surface area contributed by atoms with E-state index in [1.165, 1.54) is 4.88 Å². The molecule has 0 saturated heterocycles. The monoisotopic (exact) mass is 301 g/mol. The molecule has 4 rings (SSSR count). The van der Waals surface area contributed by atoms with Gasteiger partial charge in [0.05, 0.1) is 5.69 Å². The van der Waals surface area contributed by atoms with Gasteiger partial charge in [0.1, 0.15) is 18.3 Å². The molecule has 2 aliphatic heterocycles. The number of carbonyl (C=O) groups excluding carboxylic acids is 1. The number of amides is 1. The quantitative estimate of drug-likeness (QED) is 0.889. The molecule has 1 atom stereocenters. The van der Waals surface area contributed by atoms with Gasteiger partial charge in [-0.15, -0.1) is 11.3 Å². The zero-order valence-electron chi connectivity index (χ0n) is 11.4. The van der Waals surface area contributed by atoms with Gasteiger partial charge in [0.2, 0.25) is 5.91 Å². The molecule has 1 unspecified atom stereocenters. The van der Waals surface area contributed by atoms with Crippen molar-refractivity contribution >= 4 is 22.4 Å². The molecule has 108 valence electrons. The van der Waals surface area contributed by atoms with Crippen LogP contribution in [0.1, 0.15) is 22.1 Å². The van der Waals surface area contributed by atoms with Gasteiger partial charge in [-0.05, 0) is 6.07 Å². The standard InChI is InChI=1S/C15H15N3O2S/c19-14(10-8-20-12-4-2-1-3-9(10)12)18-15-17-11-5-6-16-7-13(11)21-15/h1-4,10,16H,5-8H2,(H,17,18,19). The Morgan fingerprint density at radius 2 is 2.33 bits per heavy atom. The van der Waals surface area contributed by atoms with Crippen LogP contribution in [0, 0.1) is 0 Å². The van der Waals surface area contributed by atoms with Gasteiger partial charge < -0.3 is 15.4 Å². The lowest BCUT2D eigenvalue weighted by atomic mass is 10.0. The highest BCUT2D eigenvalue weighted by atomic mass is 32.1. The van der Waals surface area contributed by atoms with E-state index in [0.717, 1.165) is 36.5 Å². The summed E-state index contributed by atoms with van der Waals surface area (Å²) in [5.74, 6) is 0.513. The molecule has 0 radical (unpaired) electrons. The number of nitrogens with zero attached hydrogens (tertiary/aromatic N) is 1. The Labute approximate surface area is 126 Å². The fraction of sp³-hybridized carbons (Fsp3) is 0.333. The molecule has 5 nitrogen and oxygen atoms in total. The summed E-state index contributed by atoms with van der Waals surface area (Å²) < 4.78 is 5.56. The summed E-state index contributed by atoms with van der Waals surface area (Å²) in [5, 5.41) is 6.95. The van der Waals surface area contributed by atoms with Crippen LogP contribution >= 0.6 is 11.3 Å². The molecule has 1 amide bonds. The van der Waals surface area contributed by atoms with Crippen LogP contribution < -0.4 is 15.4 Å².